The summed E-state index contributed by atoms with van der Waals surface area (Å²) in [6.45, 7) is 2.11. The molecule has 1 aromatic carbocycles. The standard InChI is InChI=1S/C17H21N5O/c1-3-13(11-23)20-16-7-8-17-19-10-15(22(17)21-16)12-5-4-6-14(9-12)18-2/h4-10,13,18,23H,3,11H2,1-2H3,(H,20,21). The maximum absolute atomic E-state index is 9.33. The fourth-order valence-corrected chi connectivity index (χ4v) is 2.47. The Bertz CT molecular complexity index is 795. The van der Waals surface area contributed by atoms with Crippen molar-refractivity contribution >= 4 is 17.2 Å². The van der Waals surface area contributed by atoms with Crippen molar-refractivity contribution in [3.8, 4) is 11.3 Å². The molecule has 0 amide bonds. The summed E-state index contributed by atoms with van der Waals surface area (Å²) in [6, 6.07) is 11.9. The van der Waals surface area contributed by atoms with Gasteiger partial charge in [0, 0.05) is 18.3 Å². The molecule has 0 saturated carbocycles. The zero-order valence-electron chi connectivity index (χ0n) is 13.3. The Hall–Kier alpha value is -2.60. The third-order valence-electron chi connectivity index (χ3n) is 3.87. The number of aliphatic hydroxyl groups excluding tert-OH is 1. The molecule has 0 aliphatic heterocycles. The average molecular weight is 311 g/mol. The van der Waals surface area contributed by atoms with Crippen molar-refractivity contribution < 1.29 is 5.11 Å². The van der Waals surface area contributed by atoms with Gasteiger partial charge in [-0.15, -0.1) is 5.10 Å². The van der Waals surface area contributed by atoms with E-state index in [1.165, 1.54) is 0 Å². The summed E-state index contributed by atoms with van der Waals surface area (Å²) in [5.41, 5.74) is 3.80. The number of hydrogen-bond acceptors (Lipinski definition) is 5. The number of aromatic nitrogens is 3. The minimum Gasteiger partial charge on any atom is -0.394 e. The predicted octanol–water partition coefficient (Wildman–Crippen LogP) is 2.62. The van der Waals surface area contributed by atoms with Crippen LogP contribution in [0.15, 0.2) is 42.6 Å². The van der Waals surface area contributed by atoms with Crippen LogP contribution in [0.1, 0.15) is 13.3 Å². The molecule has 1 atom stereocenters. The van der Waals surface area contributed by atoms with E-state index in [1.807, 2.05) is 55.0 Å². The molecule has 0 spiro atoms. The number of aliphatic hydroxyl groups is 1. The van der Waals surface area contributed by atoms with Gasteiger partial charge in [0.1, 0.15) is 5.82 Å². The summed E-state index contributed by atoms with van der Waals surface area (Å²) >= 11 is 0. The quantitative estimate of drug-likeness (QED) is 0.652. The Morgan fingerprint density at radius 1 is 1.26 bits per heavy atom. The summed E-state index contributed by atoms with van der Waals surface area (Å²) in [6.07, 6.45) is 2.65. The van der Waals surface area contributed by atoms with Gasteiger partial charge in [-0.25, -0.2) is 9.50 Å². The molecule has 3 aromatic rings. The lowest BCUT2D eigenvalue weighted by atomic mass is 10.1. The van der Waals surface area contributed by atoms with Crippen LogP contribution in [-0.2, 0) is 0 Å². The highest BCUT2D eigenvalue weighted by Crippen LogP contribution is 2.23. The van der Waals surface area contributed by atoms with Gasteiger partial charge < -0.3 is 15.7 Å². The monoisotopic (exact) mass is 311 g/mol. The van der Waals surface area contributed by atoms with Gasteiger partial charge in [0.2, 0.25) is 0 Å². The van der Waals surface area contributed by atoms with Gasteiger partial charge in [-0.3, -0.25) is 0 Å². The number of benzene rings is 1. The van der Waals surface area contributed by atoms with Gasteiger partial charge in [0.05, 0.1) is 24.5 Å². The van der Waals surface area contributed by atoms with Crippen LogP contribution in [0, 0.1) is 0 Å². The smallest absolute Gasteiger partial charge is 0.154 e. The summed E-state index contributed by atoms with van der Waals surface area (Å²) in [4.78, 5) is 4.41. The molecule has 0 aliphatic rings. The molecule has 6 nitrogen and oxygen atoms in total. The molecule has 0 saturated heterocycles. The van der Waals surface area contributed by atoms with E-state index in [1.54, 1.807) is 0 Å². The van der Waals surface area contributed by atoms with Crippen LogP contribution in [0.3, 0.4) is 0 Å². The normalized spacial score (nSPS) is 12.3. The van der Waals surface area contributed by atoms with E-state index in [0.29, 0.717) is 0 Å². The Morgan fingerprint density at radius 3 is 2.87 bits per heavy atom. The van der Waals surface area contributed by atoms with Crippen molar-refractivity contribution in [3.63, 3.8) is 0 Å². The lowest BCUT2D eigenvalue weighted by molar-refractivity contribution is 0.271. The topological polar surface area (TPSA) is 74.5 Å². The number of anilines is 2. The van der Waals surface area contributed by atoms with Crippen LogP contribution in [-0.4, -0.2) is 39.4 Å². The summed E-state index contributed by atoms with van der Waals surface area (Å²) < 4.78 is 1.82. The van der Waals surface area contributed by atoms with Gasteiger partial charge in [-0.05, 0) is 30.7 Å². The number of rotatable bonds is 6. The van der Waals surface area contributed by atoms with E-state index in [2.05, 4.69) is 26.8 Å². The fraction of sp³-hybridized carbons (Fsp3) is 0.294. The number of hydrogen-bond donors (Lipinski definition) is 3. The highest BCUT2D eigenvalue weighted by atomic mass is 16.3. The molecule has 0 bridgehead atoms. The zero-order chi connectivity index (χ0) is 16.2. The number of nitrogens with zero attached hydrogens (tertiary/aromatic N) is 3. The van der Waals surface area contributed by atoms with Crippen LogP contribution < -0.4 is 10.6 Å². The van der Waals surface area contributed by atoms with Gasteiger partial charge in [-0.2, -0.15) is 0 Å². The highest BCUT2D eigenvalue weighted by molar-refractivity contribution is 5.67. The fourth-order valence-electron chi connectivity index (χ4n) is 2.47. The molecule has 3 N–H and O–H groups in total. The van der Waals surface area contributed by atoms with Crippen molar-refractivity contribution in [1.82, 2.24) is 14.6 Å². The van der Waals surface area contributed by atoms with Crippen LogP contribution in [0.25, 0.3) is 16.9 Å². The molecule has 2 heterocycles. The van der Waals surface area contributed by atoms with Crippen LogP contribution >= 0.6 is 0 Å². The van der Waals surface area contributed by atoms with E-state index in [-0.39, 0.29) is 12.6 Å². The zero-order valence-corrected chi connectivity index (χ0v) is 13.3. The lowest BCUT2D eigenvalue weighted by Gasteiger charge is -2.14. The summed E-state index contributed by atoms with van der Waals surface area (Å²) in [5.74, 6) is 0.724. The molecule has 0 radical (unpaired) electrons. The molecule has 0 fully saturated rings. The molecular formula is C17H21N5O. The highest BCUT2D eigenvalue weighted by Gasteiger charge is 2.10. The SMILES string of the molecule is CCC(CO)Nc1ccc2ncc(-c3cccc(NC)c3)n2n1. The van der Waals surface area contributed by atoms with Crippen molar-refractivity contribution in [3.05, 3.63) is 42.6 Å². The van der Waals surface area contributed by atoms with Crippen molar-refractivity contribution in [2.45, 2.75) is 19.4 Å². The Morgan fingerprint density at radius 2 is 2.13 bits per heavy atom. The van der Waals surface area contributed by atoms with Crippen LogP contribution in [0.2, 0.25) is 0 Å². The molecular weight excluding hydrogens is 290 g/mol. The first-order chi connectivity index (χ1) is 11.2. The molecule has 6 heteroatoms. The first kappa shape index (κ1) is 15.3. The average Bonchev–Trinajstić information content (AvgIpc) is 3.03. The molecule has 23 heavy (non-hydrogen) atoms. The second-order valence-corrected chi connectivity index (χ2v) is 5.39. The van der Waals surface area contributed by atoms with Crippen LogP contribution in [0.4, 0.5) is 11.5 Å². The number of nitrogens with one attached hydrogen (secondary N) is 2. The first-order valence-electron chi connectivity index (χ1n) is 7.75. The number of fused-ring (bicyclic) bond motifs is 1. The Labute approximate surface area is 135 Å². The van der Waals surface area contributed by atoms with Gasteiger partial charge in [-0.1, -0.05) is 19.1 Å². The van der Waals surface area contributed by atoms with E-state index < -0.39 is 0 Å². The minimum absolute atomic E-state index is 0.000425. The third kappa shape index (κ3) is 3.12. The number of imidazole rings is 1. The third-order valence-corrected chi connectivity index (χ3v) is 3.87. The maximum Gasteiger partial charge on any atom is 0.154 e. The largest absolute Gasteiger partial charge is 0.394 e. The summed E-state index contributed by atoms with van der Waals surface area (Å²) in [5, 5.41) is 20.3. The molecule has 3 rings (SSSR count). The van der Waals surface area contributed by atoms with E-state index in [4.69, 9.17) is 0 Å². The Kier molecular flexibility index (Phi) is 4.43. The predicted molar refractivity (Wildman–Crippen MR) is 92.8 cm³/mol. The first-order valence-corrected chi connectivity index (χ1v) is 7.75. The second kappa shape index (κ2) is 6.66. The Balaban J connectivity index is 2.01. The van der Waals surface area contributed by atoms with E-state index >= 15 is 0 Å². The van der Waals surface area contributed by atoms with Crippen molar-refractivity contribution in [2.75, 3.05) is 24.3 Å². The second-order valence-electron chi connectivity index (χ2n) is 5.39. The molecule has 2 aromatic heterocycles. The van der Waals surface area contributed by atoms with E-state index in [0.717, 1.165) is 34.8 Å². The minimum atomic E-state index is -0.000425. The van der Waals surface area contributed by atoms with Gasteiger partial charge in [0.15, 0.2) is 5.65 Å². The van der Waals surface area contributed by atoms with Gasteiger partial charge >= 0.3 is 0 Å². The summed E-state index contributed by atoms with van der Waals surface area (Å²) in [7, 11) is 1.90. The molecule has 0 aliphatic carbocycles. The van der Waals surface area contributed by atoms with E-state index in [9.17, 15) is 5.11 Å². The van der Waals surface area contributed by atoms with Crippen molar-refractivity contribution in [2.24, 2.45) is 0 Å². The van der Waals surface area contributed by atoms with Gasteiger partial charge in [0.25, 0.3) is 0 Å². The maximum atomic E-state index is 9.33. The van der Waals surface area contributed by atoms with Crippen LogP contribution in [0.5, 0.6) is 0 Å². The molecule has 1 unspecified atom stereocenters. The molecule has 120 valence electrons. The lowest BCUT2D eigenvalue weighted by Crippen LogP contribution is -2.23. The van der Waals surface area contributed by atoms with Crippen molar-refractivity contribution in [1.29, 1.82) is 0 Å².